The molecule has 0 amide bonds. The van der Waals surface area contributed by atoms with Crippen molar-refractivity contribution in [1.29, 1.82) is 0 Å². The topological polar surface area (TPSA) is 29.1 Å². The summed E-state index contributed by atoms with van der Waals surface area (Å²) in [5.74, 6) is 0. The molecule has 3 heteroatoms. The number of nitrogens with one attached hydrogen (secondary N) is 1. The van der Waals surface area contributed by atoms with Gasteiger partial charge in [-0.2, -0.15) is 4.59 Å². The monoisotopic (exact) mass is 431 g/mol. The largest absolute Gasteiger partial charge is 0.298 e. The van der Waals surface area contributed by atoms with Crippen molar-refractivity contribution in [3.8, 4) is 0 Å². The standard InChI is InChI=1S/C30H27N2O/c1-23-13-17-25(18-14-23)30(26-19-15-24(2)16-20-26)27(22-33)21-32(31-30,28-9-5-3-6-10-28)29-11-7-4-8-12-29/h3-22,31H,1-2H3/q+1. The van der Waals surface area contributed by atoms with E-state index in [2.05, 4.69) is 98.3 Å². The number of hydrogen-bond donors (Lipinski definition) is 1. The van der Waals surface area contributed by atoms with Gasteiger partial charge >= 0.3 is 0 Å². The zero-order valence-corrected chi connectivity index (χ0v) is 18.9. The number of rotatable bonds is 5. The second kappa shape index (κ2) is 8.28. The van der Waals surface area contributed by atoms with Gasteiger partial charge in [-0.15, -0.1) is 5.43 Å². The fourth-order valence-corrected chi connectivity index (χ4v) is 4.78. The van der Waals surface area contributed by atoms with Crippen LogP contribution in [-0.4, -0.2) is 6.29 Å². The SMILES string of the molecule is Cc1ccc(C2(c3ccc(C)cc3)N[N+](c3ccccc3)(c3ccccc3)C=C2C=O)cc1. The molecule has 0 radical (unpaired) electrons. The smallest absolute Gasteiger partial charge is 0.162 e. The second-order valence-electron chi connectivity index (χ2n) is 8.69. The number of benzene rings is 4. The number of aldehydes is 1. The zero-order valence-electron chi connectivity index (χ0n) is 18.9. The van der Waals surface area contributed by atoms with Crippen LogP contribution < -0.4 is 10.0 Å². The zero-order chi connectivity index (χ0) is 22.9. The number of nitrogens with zero attached hydrogens (tertiary/aromatic N) is 1. The van der Waals surface area contributed by atoms with E-state index < -0.39 is 5.54 Å². The predicted molar refractivity (Wildman–Crippen MR) is 135 cm³/mol. The Morgan fingerprint density at radius 1 is 0.636 bits per heavy atom. The highest BCUT2D eigenvalue weighted by atomic mass is 16.1. The summed E-state index contributed by atoms with van der Waals surface area (Å²) < 4.78 is 0.234. The van der Waals surface area contributed by atoms with Crippen molar-refractivity contribution in [2.45, 2.75) is 19.4 Å². The van der Waals surface area contributed by atoms with Crippen LogP contribution >= 0.6 is 0 Å². The molecule has 0 aliphatic carbocycles. The summed E-state index contributed by atoms with van der Waals surface area (Å²) in [5, 5.41) is 0. The van der Waals surface area contributed by atoms with E-state index in [9.17, 15) is 4.79 Å². The third-order valence-electron chi connectivity index (χ3n) is 6.53. The molecule has 4 aromatic carbocycles. The molecule has 0 atom stereocenters. The van der Waals surface area contributed by atoms with Crippen LogP contribution in [0.2, 0.25) is 0 Å². The van der Waals surface area contributed by atoms with Gasteiger partial charge in [0.05, 0.1) is 5.57 Å². The van der Waals surface area contributed by atoms with E-state index in [-0.39, 0.29) is 4.59 Å². The van der Waals surface area contributed by atoms with Crippen molar-refractivity contribution >= 4 is 17.7 Å². The van der Waals surface area contributed by atoms with Crippen LogP contribution in [0.15, 0.2) is 121 Å². The Kier molecular flexibility index (Phi) is 5.29. The average molecular weight is 432 g/mol. The highest BCUT2D eigenvalue weighted by Crippen LogP contribution is 2.48. The molecule has 0 saturated carbocycles. The molecule has 1 N–H and O–H groups in total. The first kappa shape index (κ1) is 21.1. The summed E-state index contributed by atoms with van der Waals surface area (Å²) in [6.45, 7) is 4.16. The number of carbonyl (C=O) groups is 1. The van der Waals surface area contributed by atoms with Crippen LogP contribution in [0, 0.1) is 13.8 Å². The van der Waals surface area contributed by atoms with Crippen LogP contribution in [0.5, 0.6) is 0 Å². The Hall–Kier alpha value is -3.79. The minimum absolute atomic E-state index is 0.234. The maximum absolute atomic E-state index is 12.7. The van der Waals surface area contributed by atoms with E-state index in [4.69, 9.17) is 0 Å². The van der Waals surface area contributed by atoms with Gasteiger partial charge in [0.1, 0.15) is 6.20 Å². The quantitative estimate of drug-likeness (QED) is 0.289. The second-order valence-corrected chi connectivity index (χ2v) is 8.69. The lowest BCUT2D eigenvalue weighted by atomic mass is 9.78. The van der Waals surface area contributed by atoms with Gasteiger partial charge in [-0.05, 0) is 25.0 Å². The first-order valence-electron chi connectivity index (χ1n) is 11.2. The molecule has 1 aliphatic rings. The highest BCUT2D eigenvalue weighted by molar-refractivity contribution is 5.84. The molecule has 0 aromatic heterocycles. The van der Waals surface area contributed by atoms with Crippen LogP contribution in [-0.2, 0) is 10.3 Å². The van der Waals surface area contributed by atoms with Crippen LogP contribution in [0.1, 0.15) is 22.3 Å². The van der Waals surface area contributed by atoms with Gasteiger partial charge < -0.3 is 0 Å². The molecule has 1 heterocycles. The van der Waals surface area contributed by atoms with Crippen molar-refractivity contribution in [3.05, 3.63) is 143 Å². The predicted octanol–water partition coefficient (Wildman–Crippen LogP) is 6.49. The molecule has 4 aromatic rings. The van der Waals surface area contributed by atoms with Gasteiger partial charge in [0.2, 0.25) is 0 Å². The van der Waals surface area contributed by atoms with E-state index >= 15 is 0 Å². The molecular formula is C30H27N2O+. The fraction of sp³-hybridized carbons (Fsp3) is 0.100. The molecule has 0 spiro atoms. The van der Waals surface area contributed by atoms with Crippen molar-refractivity contribution in [2.24, 2.45) is 0 Å². The molecule has 5 rings (SSSR count). The van der Waals surface area contributed by atoms with Gasteiger partial charge in [-0.25, -0.2) is 0 Å². The minimum Gasteiger partial charge on any atom is -0.298 e. The first-order chi connectivity index (χ1) is 16.1. The summed E-state index contributed by atoms with van der Waals surface area (Å²) in [5.41, 5.74) is 10.3. The maximum Gasteiger partial charge on any atom is 0.162 e. The molecule has 1 aliphatic heterocycles. The summed E-state index contributed by atoms with van der Waals surface area (Å²) in [4.78, 5) is 12.7. The molecule has 3 nitrogen and oxygen atoms in total. The van der Waals surface area contributed by atoms with Crippen molar-refractivity contribution < 1.29 is 4.79 Å². The Bertz CT molecular complexity index is 1210. The van der Waals surface area contributed by atoms with Crippen LogP contribution in [0.3, 0.4) is 0 Å². The first-order valence-corrected chi connectivity index (χ1v) is 11.2. The van der Waals surface area contributed by atoms with Crippen molar-refractivity contribution in [1.82, 2.24) is 10.0 Å². The molecule has 0 unspecified atom stereocenters. The third kappa shape index (κ3) is 3.43. The summed E-state index contributed by atoms with van der Waals surface area (Å²) >= 11 is 0. The molecule has 0 fully saturated rings. The Morgan fingerprint density at radius 3 is 1.45 bits per heavy atom. The maximum atomic E-state index is 12.7. The van der Waals surface area contributed by atoms with Crippen molar-refractivity contribution in [3.63, 3.8) is 0 Å². The molecule has 162 valence electrons. The molecule has 0 bridgehead atoms. The minimum atomic E-state index is -0.811. The Labute approximate surface area is 195 Å². The van der Waals surface area contributed by atoms with E-state index in [1.807, 2.05) is 36.4 Å². The number of quaternary nitrogens is 1. The average Bonchev–Trinajstić information content (AvgIpc) is 3.24. The fourth-order valence-electron chi connectivity index (χ4n) is 4.78. The van der Waals surface area contributed by atoms with Gasteiger partial charge in [0.25, 0.3) is 0 Å². The lowest BCUT2D eigenvalue weighted by Crippen LogP contribution is -2.56. The lowest BCUT2D eigenvalue weighted by Gasteiger charge is -2.37. The van der Waals surface area contributed by atoms with Gasteiger partial charge in [-0.1, -0.05) is 96.1 Å². The van der Waals surface area contributed by atoms with Crippen LogP contribution in [0.25, 0.3) is 0 Å². The Morgan fingerprint density at radius 2 is 1.06 bits per heavy atom. The normalized spacial score (nSPS) is 16.2. The summed E-state index contributed by atoms with van der Waals surface area (Å²) in [6.07, 6.45) is 3.05. The number of hydrogen-bond acceptors (Lipinski definition) is 2. The molecule has 33 heavy (non-hydrogen) atoms. The van der Waals surface area contributed by atoms with Gasteiger partial charge in [0, 0.05) is 24.3 Å². The van der Waals surface area contributed by atoms with Crippen LogP contribution in [0.4, 0.5) is 11.4 Å². The number of aryl methyl sites for hydroxylation is 2. The van der Waals surface area contributed by atoms with Crippen molar-refractivity contribution in [2.75, 3.05) is 0 Å². The van der Waals surface area contributed by atoms with Gasteiger partial charge in [-0.3, -0.25) is 4.79 Å². The molecular weight excluding hydrogens is 404 g/mol. The third-order valence-corrected chi connectivity index (χ3v) is 6.53. The Balaban J connectivity index is 1.83. The van der Waals surface area contributed by atoms with E-state index in [1.165, 1.54) is 11.1 Å². The highest BCUT2D eigenvalue weighted by Gasteiger charge is 2.54. The molecule has 0 saturated heterocycles. The number of carbonyl (C=O) groups excluding carboxylic acids is 1. The van der Waals surface area contributed by atoms with E-state index in [0.717, 1.165) is 28.8 Å². The van der Waals surface area contributed by atoms with E-state index in [0.29, 0.717) is 5.57 Å². The lowest BCUT2D eigenvalue weighted by molar-refractivity contribution is -0.105. The van der Waals surface area contributed by atoms with Gasteiger partial charge in [0.15, 0.2) is 23.2 Å². The summed E-state index contributed by atoms with van der Waals surface area (Å²) in [6, 6.07) is 37.4. The number of para-hydroxylation sites is 2. The van der Waals surface area contributed by atoms with E-state index in [1.54, 1.807) is 0 Å². The summed E-state index contributed by atoms with van der Waals surface area (Å²) in [7, 11) is 0.